The van der Waals surface area contributed by atoms with E-state index in [2.05, 4.69) is 6.07 Å². The lowest BCUT2D eigenvalue weighted by molar-refractivity contribution is -0.193. The van der Waals surface area contributed by atoms with Crippen LogP contribution in [0, 0.1) is 16.7 Å². The molecule has 1 saturated carbocycles. The molecule has 0 aromatic carbocycles. The first kappa shape index (κ1) is 13.1. The van der Waals surface area contributed by atoms with Gasteiger partial charge in [0.05, 0.1) is 29.3 Å². The van der Waals surface area contributed by atoms with Gasteiger partial charge in [-0.15, -0.1) is 23.5 Å². The summed E-state index contributed by atoms with van der Waals surface area (Å²) < 4.78 is 12.1. The zero-order valence-corrected chi connectivity index (χ0v) is 12.2. The molecular weight excluding hydrogens is 266 g/mol. The summed E-state index contributed by atoms with van der Waals surface area (Å²) in [5.41, 5.74) is -0.252. The van der Waals surface area contributed by atoms with Gasteiger partial charge in [-0.3, -0.25) is 0 Å². The summed E-state index contributed by atoms with van der Waals surface area (Å²) in [7, 11) is 0. The molecule has 3 fully saturated rings. The monoisotopic (exact) mass is 285 g/mol. The van der Waals surface area contributed by atoms with Gasteiger partial charge in [-0.25, -0.2) is 0 Å². The van der Waals surface area contributed by atoms with E-state index in [0.717, 1.165) is 25.7 Å². The lowest BCUT2D eigenvalue weighted by atomic mass is 9.73. The number of ether oxygens (including phenoxy) is 2. The zero-order valence-electron chi connectivity index (χ0n) is 10.5. The van der Waals surface area contributed by atoms with E-state index >= 15 is 0 Å². The standard InChI is InChI=1S/C13H19NO2S2/c14-10-12(11-17-7-2-8-18-11)3-1-4-13(9-12)15-5-6-16-13/h11H,1-9H2. The summed E-state index contributed by atoms with van der Waals surface area (Å²) >= 11 is 3.93. The van der Waals surface area contributed by atoms with Gasteiger partial charge in [-0.1, -0.05) is 0 Å². The largest absolute Gasteiger partial charge is 0.347 e. The number of hydrogen-bond donors (Lipinski definition) is 0. The van der Waals surface area contributed by atoms with Gasteiger partial charge in [0.15, 0.2) is 5.79 Å². The van der Waals surface area contributed by atoms with Crippen molar-refractivity contribution in [3.8, 4) is 6.07 Å². The number of hydrogen-bond acceptors (Lipinski definition) is 5. The molecule has 3 aliphatic rings. The highest BCUT2D eigenvalue weighted by molar-refractivity contribution is 8.17. The predicted octanol–water partition coefficient (Wildman–Crippen LogP) is 3.01. The molecule has 1 unspecified atom stereocenters. The van der Waals surface area contributed by atoms with Crippen molar-refractivity contribution < 1.29 is 9.47 Å². The maximum Gasteiger partial charge on any atom is 0.170 e. The van der Waals surface area contributed by atoms with E-state index < -0.39 is 5.79 Å². The van der Waals surface area contributed by atoms with Gasteiger partial charge in [0.1, 0.15) is 0 Å². The SMILES string of the molecule is N#CC1(C2SCCCS2)CCCC2(C1)OCCO2. The van der Waals surface area contributed by atoms with Crippen LogP contribution in [0.25, 0.3) is 0 Å². The first-order chi connectivity index (χ1) is 8.79. The van der Waals surface area contributed by atoms with E-state index in [1.54, 1.807) is 0 Å². The van der Waals surface area contributed by atoms with Crippen molar-refractivity contribution in [3.05, 3.63) is 0 Å². The van der Waals surface area contributed by atoms with Crippen LogP contribution < -0.4 is 0 Å². The highest BCUT2D eigenvalue weighted by Crippen LogP contribution is 2.54. The molecule has 0 radical (unpaired) electrons. The average Bonchev–Trinajstić information content (AvgIpc) is 2.87. The van der Waals surface area contributed by atoms with Gasteiger partial charge >= 0.3 is 0 Å². The summed E-state index contributed by atoms with van der Waals surface area (Å²) in [5.74, 6) is 1.94. The van der Waals surface area contributed by atoms with E-state index in [0.29, 0.717) is 17.8 Å². The smallest absolute Gasteiger partial charge is 0.170 e. The fourth-order valence-corrected chi connectivity index (χ4v) is 6.57. The quantitative estimate of drug-likeness (QED) is 0.741. The van der Waals surface area contributed by atoms with Gasteiger partial charge in [-0.05, 0) is 30.8 Å². The minimum Gasteiger partial charge on any atom is -0.347 e. The van der Waals surface area contributed by atoms with Crippen LogP contribution in [0.1, 0.15) is 32.1 Å². The Hall–Kier alpha value is 0.110. The van der Waals surface area contributed by atoms with Crippen LogP contribution in [0.4, 0.5) is 0 Å². The highest BCUT2D eigenvalue weighted by Gasteiger charge is 2.53. The number of nitriles is 1. The molecule has 1 aliphatic carbocycles. The number of nitrogens with zero attached hydrogens (tertiary/aromatic N) is 1. The average molecular weight is 285 g/mol. The molecule has 2 heterocycles. The Morgan fingerprint density at radius 3 is 2.44 bits per heavy atom. The first-order valence-corrected chi connectivity index (χ1v) is 8.81. The van der Waals surface area contributed by atoms with Crippen molar-refractivity contribution in [1.82, 2.24) is 0 Å². The minimum absolute atomic E-state index is 0.252. The van der Waals surface area contributed by atoms with Gasteiger partial charge in [0, 0.05) is 12.8 Å². The molecule has 1 spiro atoms. The van der Waals surface area contributed by atoms with Crippen molar-refractivity contribution in [2.45, 2.75) is 42.5 Å². The topological polar surface area (TPSA) is 42.2 Å². The fraction of sp³-hybridized carbons (Fsp3) is 0.923. The number of rotatable bonds is 1. The van der Waals surface area contributed by atoms with Crippen LogP contribution in [0.2, 0.25) is 0 Å². The lowest BCUT2D eigenvalue weighted by Crippen LogP contribution is -2.46. The van der Waals surface area contributed by atoms with E-state index in [1.165, 1.54) is 17.9 Å². The molecule has 2 saturated heterocycles. The maximum absolute atomic E-state index is 9.75. The van der Waals surface area contributed by atoms with Gasteiger partial charge in [0.2, 0.25) is 0 Å². The Kier molecular flexibility index (Phi) is 3.82. The Bertz CT molecular complexity index is 345. The van der Waals surface area contributed by atoms with Crippen LogP contribution in [-0.4, -0.2) is 35.1 Å². The maximum atomic E-state index is 9.75. The lowest BCUT2D eigenvalue weighted by Gasteiger charge is -2.45. The molecule has 0 N–H and O–H groups in total. The first-order valence-electron chi connectivity index (χ1n) is 6.71. The van der Waals surface area contributed by atoms with Crippen molar-refractivity contribution in [2.24, 2.45) is 5.41 Å². The summed E-state index contributed by atoms with van der Waals surface area (Å²) in [6.07, 6.45) is 5.04. The van der Waals surface area contributed by atoms with Gasteiger partial charge in [0.25, 0.3) is 0 Å². The third-order valence-electron chi connectivity index (χ3n) is 4.08. The van der Waals surface area contributed by atoms with Crippen LogP contribution >= 0.6 is 23.5 Å². The van der Waals surface area contributed by atoms with Crippen LogP contribution in [0.3, 0.4) is 0 Å². The molecule has 18 heavy (non-hydrogen) atoms. The Morgan fingerprint density at radius 2 is 1.78 bits per heavy atom. The molecule has 2 aliphatic heterocycles. The summed E-state index contributed by atoms with van der Waals surface area (Å²) in [6, 6.07) is 2.64. The van der Waals surface area contributed by atoms with Crippen molar-refractivity contribution in [2.75, 3.05) is 24.7 Å². The second-order valence-electron chi connectivity index (χ2n) is 5.33. The zero-order chi connectivity index (χ0) is 12.5. The second-order valence-corrected chi connectivity index (χ2v) is 8.06. The molecule has 3 nitrogen and oxygen atoms in total. The van der Waals surface area contributed by atoms with E-state index in [1.807, 2.05) is 23.5 Å². The molecule has 0 amide bonds. The third-order valence-corrected chi connectivity index (χ3v) is 7.45. The Balaban J connectivity index is 1.79. The molecule has 0 aromatic heterocycles. The van der Waals surface area contributed by atoms with Gasteiger partial charge in [-0.2, -0.15) is 5.26 Å². The van der Waals surface area contributed by atoms with Crippen molar-refractivity contribution >= 4 is 23.5 Å². The van der Waals surface area contributed by atoms with E-state index in [-0.39, 0.29) is 5.41 Å². The number of thioether (sulfide) groups is 2. The molecule has 3 rings (SSSR count). The molecule has 5 heteroatoms. The van der Waals surface area contributed by atoms with Gasteiger partial charge < -0.3 is 9.47 Å². The molecule has 100 valence electrons. The molecular formula is C13H19NO2S2. The predicted molar refractivity (Wildman–Crippen MR) is 74.5 cm³/mol. The van der Waals surface area contributed by atoms with Crippen LogP contribution in [-0.2, 0) is 9.47 Å². The summed E-state index contributed by atoms with van der Waals surface area (Å²) in [6.45, 7) is 1.37. The fourth-order valence-electron chi connectivity index (χ4n) is 3.23. The molecule has 0 bridgehead atoms. The van der Waals surface area contributed by atoms with E-state index in [9.17, 15) is 5.26 Å². The van der Waals surface area contributed by atoms with Crippen molar-refractivity contribution in [3.63, 3.8) is 0 Å². The molecule has 0 aromatic rings. The Labute approximate surface area is 117 Å². The third kappa shape index (κ3) is 2.29. The normalized spacial score (nSPS) is 36.6. The summed E-state index contributed by atoms with van der Waals surface area (Å²) in [5, 5.41) is 9.75. The van der Waals surface area contributed by atoms with Crippen LogP contribution in [0.15, 0.2) is 0 Å². The highest BCUT2D eigenvalue weighted by atomic mass is 32.2. The Morgan fingerprint density at radius 1 is 1.06 bits per heavy atom. The molecule has 1 atom stereocenters. The van der Waals surface area contributed by atoms with Crippen LogP contribution in [0.5, 0.6) is 0 Å². The summed E-state index contributed by atoms with van der Waals surface area (Å²) in [4.78, 5) is 0. The minimum atomic E-state index is -0.438. The van der Waals surface area contributed by atoms with Crippen molar-refractivity contribution in [1.29, 1.82) is 5.26 Å². The second kappa shape index (κ2) is 5.24. The van der Waals surface area contributed by atoms with E-state index in [4.69, 9.17) is 9.47 Å².